The van der Waals surface area contributed by atoms with E-state index in [1.54, 1.807) is 24.4 Å². The molecule has 2 heterocycles. The predicted molar refractivity (Wildman–Crippen MR) is 103 cm³/mol. The number of pyridine rings is 1. The van der Waals surface area contributed by atoms with E-state index in [1.165, 1.54) is 0 Å². The summed E-state index contributed by atoms with van der Waals surface area (Å²) in [5, 5.41) is 2.82. The summed E-state index contributed by atoms with van der Waals surface area (Å²) in [4.78, 5) is 20.7. The van der Waals surface area contributed by atoms with E-state index in [4.69, 9.17) is 9.15 Å². The van der Waals surface area contributed by atoms with Crippen LogP contribution in [0.1, 0.15) is 5.56 Å². The van der Waals surface area contributed by atoms with Gasteiger partial charge in [-0.15, -0.1) is 0 Å². The molecule has 0 saturated carbocycles. The lowest BCUT2D eigenvalue weighted by Gasteiger charge is -2.08. The van der Waals surface area contributed by atoms with E-state index in [2.05, 4.69) is 15.3 Å². The molecule has 0 radical (unpaired) electrons. The van der Waals surface area contributed by atoms with Gasteiger partial charge in [0.25, 0.3) is 5.91 Å². The Hall–Kier alpha value is -3.67. The van der Waals surface area contributed by atoms with E-state index in [0.717, 1.165) is 11.1 Å². The molecule has 4 rings (SSSR count). The number of carbonyl (C=O) groups is 1. The van der Waals surface area contributed by atoms with E-state index in [0.29, 0.717) is 28.6 Å². The summed E-state index contributed by atoms with van der Waals surface area (Å²) in [7, 11) is 0. The van der Waals surface area contributed by atoms with E-state index >= 15 is 0 Å². The fourth-order valence-corrected chi connectivity index (χ4v) is 2.60. The normalized spacial score (nSPS) is 10.7. The van der Waals surface area contributed by atoms with Crippen molar-refractivity contribution in [3.63, 3.8) is 0 Å². The molecular formula is C21H17N3O3. The topological polar surface area (TPSA) is 77.2 Å². The van der Waals surface area contributed by atoms with Crippen LogP contribution in [0, 0.1) is 6.92 Å². The summed E-state index contributed by atoms with van der Waals surface area (Å²) in [5.74, 6) is 0.867. The smallest absolute Gasteiger partial charge is 0.262 e. The standard InChI is InChI=1S/C21H17N3O3/c1-14-7-9-17(10-8-14)26-13-19(25)23-16-5-2-4-15(12-16)21-24-20-18(27-21)6-3-11-22-20/h2-12H,13H2,1H3,(H,23,25). The molecule has 0 saturated heterocycles. The highest BCUT2D eigenvalue weighted by Crippen LogP contribution is 2.25. The van der Waals surface area contributed by atoms with Gasteiger partial charge in [0.2, 0.25) is 5.89 Å². The average molecular weight is 359 g/mol. The molecule has 4 aromatic rings. The SMILES string of the molecule is Cc1ccc(OCC(=O)Nc2cccc(-c3nc4ncccc4o3)c2)cc1. The minimum atomic E-state index is -0.244. The molecule has 0 spiro atoms. The average Bonchev–Trinajstić information content (AvgIpc) is 3.12. The van der Waals surface area contributed by atoms with Crippen molar-refractivity contribution in [1.29, 1.82) is 0 Å². The molecule has 0 aliphatic carbocycles. The minimum Gasteiger partial charge on any atom is -0.484 e. The lowest BCUT2D eigenvalue weighted by molar-refractivity contribution is -0.118. The molecule has 2 aromatic carbocycles. The first kappa shape index (κ1) is 16.8. The van der Waals surface area contributed by atoms with Gasteiger partial charge in [0, 0.05) is 17.4 Å². The Bertz CT molecular complexity index is 1050. The number of rotatable bonds is 5. The number of hydrogen-bond acceptors (Lipinski definition) is 5. The highest BCUT2D eigenvalue weighted by atomic mass is 16.5. The predicted octanol–water partition coefficient (Wildman–Crippen LogP) is 4.22. The van der Waals surface area contributed by atoms with Crippen LogP contribution in [0.25, 0.3) is 22.7 Å². The molecule has 134 valence electrons. The third kappa shape index (κ3) is 3.95. The minimum absolute atomic E-state index is 0.0693. The van der Waals surface area contributed by atoms with Crippen LogP contribution in [-0.4, -0.2) is 22.5 Å². The number of hydrogen-bond donors (Lipinski definition) is 1. The number of carbonyl (C=O) groups excluding carboxylic acids is 1. The molecule has 1 N–H and O–H groups in total. The molecule has 0 atom stereocenters. The number of nitrogens with one attached hydrogen (secondary N) is 1. The Balaban J connectivity index is 1.44. The number of benzene rings is 2. The van der Waals surface area contributed by atoms with Gasteiger partial charge in [-0.1, -0.05) is 23.8 Å². The van der Waals surface area contributed by atoms with Crippen molar-refractivity contribution in [2.24, 2.45) is 0 Å². The van der Waals surface area contributed by atoms with Crippen LogP contribution in [0.5, 0.6) is 5.75 Å². The number of anilines is 1. The Morgan fingerprint density at radius 1 is 1.11 bits per heavy atom. The number of oxazole rings is 1. The summed E-state index contributed by atoms with van der Waals surface area (Å²) < 4.78 is 11.2. The second-order valence-electron chi connectivity index (χ2n) is 6.07. The fourth-order valence-electron chi connectivity index (χ4n) is 2.60. The quantitative estimate of drug-likeness (QED) is 0.577. The van der Waals surface area contributed by atoms with Gasteiger partial charge < -0.3 is 14.5 Å². The first-order valence-electron chi connectivity index (χ1n) is 8.49. The first-order valence-corrected chi connectivity index (χ1v) is 8.49. The maximum Gasteiger partial charge on any atom is 0.262 e. The Morgan fingerprint density at radius 2 is 1.96 bits per heavy atom. The highest BCUT2D eigenvalue weighted by Gasteiger charge is 2.10. The molecule has 0 unspecified atom stereocenters. The van der Waals surface area contributed by atoms with Crippen molar-refractivity contribution in [2.75, 3.05) is 11.9 Å². The second-order valence-corrected chi connectivity index (χ2v) is 6.07. The van der Waals surface area contributed by atoms with Crippen LogP contribution in [0.15, 0.2) is 71.3 Å². The molecule has 0 aliphatic heterocycles. The third-order valence-corrected chi connectivity index (χ3v) is 3.95. The number of aryl methyl sites for hydroxylation is 1. The van der Waals surface area contributed by atoms with Gasteiger partial charge in [0.15, 0.2) is 17.8 Å². The van der Waals surface area contributed by atoms with Crippen molar-refractivity contribution < 1.29 is 13.9 Å². The Morgan fingerprint density at radius 3 is 2.78 bits per heavy atom. The van der Waals surface area contributed by atoms with Crippen LogP contribution in [0.3, 0.4) is 0 Å². The maximum absolute atomic E-state index is 12.2. The van der Waals surface area contributed by atoms with Crippen LogP contribution in [0.2, 0.25) is 0 Å². The molecule has 6 heteroatoms. The van der Waals surface area contributed by atoms with Gasteiger partial charge in [-0.2, -0.15) is 4.98 Å². The molecule has 2 aromatic heterocycles. The van der Waals surface area contributed by atoms with Crippen LogP contribution >= 0.6 is 0 Å². The van der Waals surface area contributed by atoms with Gasteiger partial charge >= 0.3 is 0 Å². The number of aromatic nitrogens is 2. The van der Waals surface area contributed by atoms with Crippen LogP contribution < -0.4 is 10.1 Å². The monoisotopic (exact) mass is 359 g/mol. The molecule has 0 aliphatic rings. The molecule has 1 amide bonds. The van der Waals surface area contributed by atoms with Crippen molar-refractivity contribution >= 4 is 22.8 Å². The molecule has 0 bridgehead atoms. The number of fused-ring (bicyclic) bond motifs is 1. The summed E-state index contributed by atoms with van der Waals surface area (Å²) >= 11 is 0. The summed E-state index contributed by atoms with van der Waals surface area (Å²) in [6.07, 6.45) is 1.67. The summed E-state index contributed by atoms with van der Waals surface area (Å²) in [6.45, 7) is 1.93. The van der Waals surface area contributed by atoms with Crippen LogP contribution in [-0.2, 0) is 4.79 Å². The van der Waals surface area contributed by atoms with Gasteiger partial charge in [-0.25, -0.2) is 4.98 Å². The Kier molecular flexibility index (Phi) is 4.53. The van der Waals surface area contributed by atoms with Gasteiger partial charge in [0.1, 0.15) is 5.75 Å². The van der Waals surface area contributed by atoms with Crippen molar-refractivity contribution in [3.8, 4) is 17.2 Å². The van der Waals surface area contributed by atoms with Crippen molar-refractivity contribution in [1.82, 2.24) is 9.97 Å². The zero-order chi connectivity index (χ0) is 18.6. The molecule has 27 heavy (non-hydrogen) atoms. The van der Waals surface area contributed by atoms with E-state index in [1.807, 2.05) is 49.4 Å². The zero-order valence-corrected chi connectivity index (χ0v) is 14.7. The zero-order valence-electron chi connectivity index (χ0n) is 14.7. The second kappa shape index (κ2) is 7.29. The maximum atomic E-state index is 12.2. The van der Waals surface area contributed by atoms with Crippen LogP contribution in [0.4, 0.5) is 5.69 Å². The van der Waals surface area contributed by atoms with Crippen molar-refractivity contribution in [2.45, 2.75) is 6.92 Å². The lowest BCUT2D eigenvalue weighted by atomic mass is 10.2. The summed E-state index contributed by atoms with van der Waals surface area (Å²) in [5.41, 5.74) is 3.70. The summed E-state index contributed by atoms with van der Waals surface area (Å²) in [6, 6.07) is 18.4. The van der Waals surface area contributed by atoms with Gasteiger partial charge in [0.05, 0.1) is 0 Å². The van der Waals surface area contributed by atoms with Gasteiger partial charge in [-0.3, -0.25) is 4.79 Å². The number of amides is 1. The van der Waals surface area contributed by atoms with E-state index < -0.39 is 0 Å². The largest absolute Gasteiger partial charge is 0.484 e. The number of nitrogens with zero attached hydrogens (tertiary/aromatic N) is 2. The first-order chi connectivity index (χ1) is 13.2. The third-order valence-electron chi connectivity index (χ3n) is 3.95. The highest BCUT2D eigenvalue weighted by molar-refractivity contribution is 5.92. The fraction of sp³-hybridized carbons (Fsp3) is 0.0952. The Labute approximate surface area is 155 Å². The molecule has 0 fully saturated rings. The number of ether oxygens (including phenoxy) is 1. The molecule has 6 nitrogen and oxygen atoms in total. The molecular weight excluding hydrogens is 342 g/mol. The van der Waals surface area contributed by atoms with Gasteiger partial charge in [-0.05, 0) is 49.4 Å². The lowest BCUT2D eigenvalue weighted by Crippen LogP contribution is -2.20. The van der Waals surface area contributed by atoms with Crippen molar-refractivity contribution in [3.05, 3.63) is 72.4 Å². The van der Waals surface area contributed by atoms with E-state index in [-0.39, 0.29) is 12.5 Å². The van der Waals surface area contributed by atoms with E-state index in [9.17, 15) is 4.79 Å².